The Morgan fingerprint density at radius 2 is 1.76 bits per heavy atom. The van der Waals surface area contributed by atoms with Gasteiger partial charge >= 0.3 is 5.97 Å². The van der Waals surface area contributed by atoms with Crippen LogP contribution in [0.4, 0.5) is 5.82 Å². The Balaban J connectivity index is 1.74. The third-order valence-electron chi connectivity index (χ3n) is 6.13. The number of aryl methyl sites for hydroxylation is 3. The third kappa shape index (κ3) is 4.58. The van der Waals surface area contributed by atoms with Gasteiger partial charge in [0.15, 0.2) is 0 Å². The molecule has 170 valence electrons. The van der Waals surface area contributed by atoms with Gasteiger partial charge in [-0.2, -0.15) is 10.1 Å². The summed E-state index contributed by atoms with van der Waals surface area (Å²) in [6.45, 7) is 10.1. The fourth-order valence-electron chi connectivity index (χ4n) is 4.22. The first kappa shape index (κ1) is 22.5. The Labute approximate surface area is 193 Å². The molecule has 0 saturated carbocycles. The van der Waals surface area contributed by atoms with Gasteiger partial charge < -0.3 is 10.0 Å². The van der Waals surface area contributed by atoms with Crippen molar-refractivity contribution in [2.45, 2.75) is 40.5 Å². The summed E-state index contributed by atoms with van der Waals surface area (Å²) in [7, 11) is 0. The Morgan fingerprint density at radius 3 is 2.39 bits per heavy atom. The number of benzene rings is 2. The second-order valence-corrected chi connectivity index (χ2v) is 8.22. The fraction of sp³-hybridized carbons (Fsp3) is 0.308. The SMILES string of the molecule is CCN(CC)c1nc(-n2cc(C(=O)O)cn2)nc2ccc(CCc3c(C)cccc3C)cc12. The summed E-state index contributed by atoms with van der Waals surface area (Å²) >= 11 is 0. The molecule has 0 aliphatic carbocycles. The highest BCUT2D eigenvalue weighted by atomic mass is 16.4. The minimum absolute atomic E-state index is 0.102. The molecule has 0 atom stereocenters. The first-order valence-electron chi connectivity index (χ1n) is 11.3. The fourth-order valence-corrected chi connectivity index (χ4v) is 4.22. The highest BCUT2D eigenvalue weighted by Gasteiger charge is 2.16. The molecule has 2 heterocycles. The Kier molecular flexibility index (Phi) is 6.40. The maximum Gasteiger partial charge on any atom is 0.338 e. The molecule has 1 N–H and O–H groups in total. The molecule has 0 radical (unpaired) electrons. The maximum atomic E-state index is 11.3. The van der Waals surface area contributed by atoms with Crippen LogP contribution in [-0.4, -0.2) is 43.9 Å². The van der Waals surface area contributed by atoms with Crippen LogP contribution in [0.2, 0.25) is 0 Å². The monoisotopic (exact) mass is 443 g/mol. The summed E-state index contributed by atoms with van der Waals surface area (Å²) in [6, 6.07) is 12.8. The van der Waals surface area contributed by atoms with Crippen LogP contribution in [-0.2, 0) is 12.8 Å². The number of carboxylic acid groups (broad SMARTS) is 1. The van der Waals surface area contributed by atoms with E-state index in [1.807, 2.05) is 6.07 Å². The Morgan fingerprint density at radius 1 is 1.03 bits per heavy atom. The van der Waals surface area contributed by atoms with Gasteiger partial charge in [0.1, 0.15) is 5.82 Å². The van der Waals surface area contributed by atoms with Crippen LogP contribution >= 0.6 is 0 Å². The van der Waals surface area contributed by atoms with E-state index >= 15 is 0 Å². The van der Waals surface area contributed by atoms with Gasteiger partial charge in [-0.25, -0.2) is 14.5 Å². The molecule has 0 saturated heterocycles. The van der Waals surface area contributed by atoms with Crippen molar-refractivity contribution in [1.29, 1.82) is 0 Å². The Hall–Kier alpha value is -3.74. The molecular formula is C26H29N5O2. The number of fused-ring (bicyclic) bond motifs is 1. The number of aromatic carboxylic acids is 1. The number of hydrogen-bond donors (Lipinski definition) is 1. The molecule has 0 fully saturated rings. The molecule has 0 aliphatic heterocycles. The maximum absolute atomic E-state index is 11.3. The van der Waals surface area contributed by atoms with Gasteiger partial charge in [-0.05, 0) is 74.9 Å². The molecule has 0 aliphatic rings. The number of carboxylic acids is 1. The van der Waals surface area contributed by atoms with Gasteiger partial charge in [0.2, 0.25) is 0 Å². The van der Waals surface area contributed by atoms with Gasteiger partial charge in [0, 0.05) is 24.7 Å². The molecule has 4 rings (SSSR count). The first-order valence-corrected chi connectivity index (χ1v) is 11.3. The molecule has 33 heavy (non-hydrogen) atoms. The minimum Gasteiger partial charge on any atom is -0.478 e. The average molecular weight is 444 g/mol. The summed E-state index contributed by atoms with van der Waals surface area (Å²) in [6.07, 6.45) is 4.66. The lowest BCUT2D eigenvalue weighted by Gasteiger charge is -2.22. The van der Waals surface area contributed by atoms with E-state index in [4.69, 9.17) is 4.98 Å². The zero-order chi connectivity index (χ0) is 23.5. The van der Waals surface area contributed by atoms with Gasteiger partial charge in [-0.15, -0.1) is 0 Å². The third-order valence-corrected chi connectivity index (χ3v) is 6.13. The number of nitrogens with zero attached hydrogens (tertiary/aromatic N) is 5. The number of rotatable bonds is 8. The standard InChI is InChI=1S/C26H29N5O2/c1-5-30(6-2)24-22-14-19(10-12-21-17(3)8-7-9-18(21)4)11-13-23(22)28-26(29-24)31-16-20(15-27-31)25(32)33/h7-9,11,13-16H,5-6,10,12H2,1-4H3,(H,32,33). The van der Waals surface area contributed by atoms with E-state index in [2.05, 4.69) is 73.0 Å². The van der Waals surface area contributed by atoms with E-state index in [1.165, 1.54) is 39.3 Å². The van der Waals surface area contributed by atoms with Gasteiger partial charge in [-0.1, -0.05) is 24.3 Å². The van der Waals surface area contributed by atoms with Crippen molar-refractivity contribution in [2.24, 2.45) is 0 Å². The highest BCUT2D eigenvalue weighted by Crippen LogP contribution is 2.27. The van der Waals surface area contributed by atoms with Gasteiger partial charge in [0.25, 0.3) is 5.95 Å². The second kappa shape index (κ2) is 9.40. The number of aromatic nitrogens is 4. The van der Waals surface area contributed by atoms with E-state index in [9.17, 15) is 9.90 Å². The largest absolute Gasteiger partial charge is 0.478 e. The van der Waals surface area contributed by atoms with Crippen LogP contribution < -0.4 is 4.90 Å². The molecule has 7 heteroatoms. The van der Waals surface area contributed by atoms with Crippen molar-refractivity contribution >= 4 is 22.7 Å². The average Bonchev–Trinajstić information content (AvgIpc) is 3.30. The number of carbonyl (C=O) groups is 1. The summed E-state index contributed by atoms with van der Waals surface area (Å²) in [5.74, 6) is 0.168. The van der Waals surface area contributed by atoms with Crippen LogP contribution in [0.15, 0.2) is 48.8 Å². The smallest absolute Gasteiger partial charge is 0.338 e. The van der Waals surface area contributed by atoms with E-state index in [0.717, 1.165) is 42.7 Å². The lowest BCUT2D eigenvalue weighted by atomic mass is 9.96. The quantitative estimate of drug-likeness (QED) is 0.423. The van der Waals surface area contributed by atoms with Gasteiger partial charge in [-0.3, -0.25) is 0 Å². The highest BCUT2D eigenvalue weighted by molar-refractivity contribution is 5.91. The van der Waals surface area contributed by atoms with Crippen LogP contribution in [0, 0.1) is 13.8 Å². The lowest BCUT2D eigenvalue weighted by molar-refractivity contribution is 0.0697. The lowest BCUT2D eigenvalue weighted by Crippen LogP contribution is -2.24. The van der Waals surface area contributed by atoms with E-state index in [1.54, 1.807) is 0 Å². The molecule has 0 spiro atoms. The number of hydrogen-bond acceptors (Lipinski definition) is 5. The first-order chi connectivity index (χ1) is 15.9. The van der Waals surface area contributed by atoms with Crippen molar-refractivity contribution in [3.05, 3.63) is 76.6 Å². The van der Waals surface area contributed by atoms with Crippen molar-refractivity contribution < 1.29 is 9.90 Å². The Bertz CT molecular complexity index is 1290. The van der Waals surface area contributed by atoms with Gasteiger partial charge in [0.05, 0.1) is 17.3 Å². The molecule has 4 aromatic rings. The molecule has 0 bridgehead atoms. The molecule has 2 aromatic carbocycles. The predicted molar refractivity (Wildman–Crippen MR) is 131 cm³/mol. The zero-order valence-corrected chi connectivity index (χ0v) is 19.5. The second-order valence-electron chi connectivity index (χ2n) is 8.22. The minimum atomic E-state index is -1.03. The van der Waals surface area contributed by atoms with E-state index in [0.29, 0.717) is 5.95 Å². The predicted octanol–water partition coefficient (Wildman–Crippen LogP) is 4.76. The zero-order valence-electron chi connectivity index (χ0n) is 19.5. The van der Waals surface area contributed by atoms with E-state index < -0.39 is 5.97 Å². The summed E-state index contributed by atoms with van der Waals surface area (Å²) in [5, 5.41) is 14.4. The normalized spacial score (nSPS) is 11.2. The summed E-state index contributed by atoms with van der Waals surface area (Å²) in [4.78, 5) is 22.9. The van der Waals surface area contributed by atoms with Crippen molar-refractivity contribution in [3.63, 3.8) is 0 Å². The van der Waals surface area contributed by atoms with E-state index in [-0.39, 0.29) is 5.56 Å². The molecular weight excluding hydrogens is 414 g/mol. The molecule has 0 amide bonds. The van der Waals surface area contributed by atoms with Crippen LogP contribution in [0.5, 0.6) is 0 Å². The van der Waals surface area contributed by atoms with Crippen LogP contribution in [0.1, 0.15) is 46.5 Å². The number of anilines is 1. The van der Waals surface area contributed by atoms with Crippen molar-refractivity contribution in [3.8, 4) is 5.95 Å². The summed E-state index contributed by atoms with van der Waals surface area (Å²) < 4.78 is 1.42. The molecule has 7 nitrogen and oxygen atoms in total. The summed E-state index contributed by atoms with van der Waals surface area (Å²) in [5.41, 5.74) is 6.21. The molecule has 2 aromatic heterocycles. The topological polar surface area (TPSA) is 84.1 Å². The van der Waals surface area contributed by atoms with Crippen LogP contribution in [0.25, 0.3) is 16.9 Å². The van der Waals surface area contributed by atoms with Crippen LogP contribution in [0.3, 0.4) is 0 Å². The molecule has 0 unspecified atom stereocenters. The van der Waals surface area contributed by atoms with Crippen molar-refractivity contribution in [1.82, 2.24) is 19.7 Å². The van der Waals surface area contributed by atoms with Crippen molar-refractivity contribution in [2.75, 3.05) is 18.0 Å².